The molecule has 8 nitrogen and oxygen atoms in total. The Kier molecular flexibility index (Phi) is 7.69. The van der Waals surface area contributed by atoms with Crippen molar-refractivity contribution < 1.29 is 33.3 Å². The molecule has 2 aromatic carbocycles. The number of nitrogens with one attached hydrogen (secondary N) is 1. The maximum atomic E-state index is 11.7. The average Bonchev–Trinajstić information content (AvgIpc) is 3.48. The van der Waals surface area contributed by atoms with Crippen LogP contribution < -0.4 is 10.1 Å². The smallest absolute Gasteiger partial charge is 0.290 e. The van der Waals surface area contributed by atoms with Gasteiger partial charge in [0.05, 0.1) is 30.8 Å². The van der Waals surface area contributed by atoms with Gasteiger partial charge in [0.1, 0.15) is 24.1 Å². The summed E-state index contributed by atoms with van der Waals surface area (Å²) >= 11 is 0.897. The minimum Gasteiger partial charge on any atom is -0.493 e. The number of fused-ring (bicyclic) bond motifs is 1. The molecule has 3 saturated heterocycles. The fourth-order valence-corrected chi connectivity index (χ4v) is 5.41. The predicted octanol–water partition coefficient (Wildman–Crippen LogP) is 4.53. The number of thioether (sulfide) groups is 1. The number of amides is 2. The standard InChI is InChI=1S/C28H31NO7S/c1-17(14-33-20-11-9-18(10-12-20)13-22-26(30)29-27(31)37-22)23-25-24(35-28(2,3)36-25)21(34-23)16-32-15-19-7-5-4-6-8-19/h4-13,17,21,23-25H,14-16H2,1-3H3,(H,29,30,31)/b22-13-/t17?,21-,23?,24-,25+/m1/s1. The normalized spacial score (nSPS) is 28.4. The Morgan fingerprint density at radius 3 is 2.49 bits per heavy atom. The van der Waals surface area contributed by atoms with Crippen LogP contribution in [-0.4, -0.2) is 54.6 Å². The molecule has 0 bridgehead atoms. The van der Waals surface area contributed by atoms with Gasteiger partial charge in [0, 0.05) is 5.92 Å². The van der Waals surface area contributed by atoms with Gasteiger partial charge in [0.15, 0.2) is 5.79 Å². The molecule has 3 heterocycles. The topological polar surface area (TPSA) is 92.3 Å². The Labute approximate surface area is 220 Å². The van der Waals surface area contributed by atoms with E-state index >= 15 is 0 Å². The summed E-state index contributed by atoms with van der Waals surface area (Å²) in [7, 11) is 0. The van der Waals surface area contributed by atoms with Crippen LogP contribution in [0.15, 0.2) is 59.5 Å². The Hall–Kier alpha value is -2.69. The van der Waals surface area contributed by atoms with Crippen molar-refractivity contribution in [3.05, 3.63) is 70.6 Å². The molecule has 196 valence electrons. The van der Waals surface area contributed by atoms with Crippen molar-refractivity contribution in [2.75, 3.05) is 13.2 Å². The molecule has 0 radical (unpaired) electrons. The quantitative estimate of drug-likeness (QED) is 0.478. The average molecular weight is 526 g/mol. The van der Waals surface area contributed by atoms with Crippen LogP contribution in [0, 0.1) is 5.92 Å². The van der Waals surface area contributed by atoms with Crippen LogP contribution in [0.1, 0.15) is 31.9 Å². The van der Waals surface area contributed by atoms with Gasteiger partial charge >= 0.3 is 0 Å². The van der Waals surface area contributed by atoms with Gasteiger partial charge in [-0.1, -0.05) is 49.4 Å². The number of imide groups is 1. The summed E-state index contributed by atoms with van der Waals surface area (Å²) < 4.78 is 30.8. The molecule has 0 saturated carbocycles. The Bertz CT molecular complexity index is 1150. The first kappa shape index (κ1) is 25.9. The SMILES string of the molecule is CC(COc1ccc(/C=C2\SC(=O)NC2=O)cc1)C1O[C@H](COCc2ccccc2)[C@H]2OC(C)(C)O[C@@H]12. The first-order valence-electron chi connectivity index (χ1n) is 12.4. The minimum atomic E-state index is -0.681. The van der Waals surface area contributed by atoms with E-state index in [9.17, 15) is 9.59 Å². The van der Waals surface area contributed by atoms with Gasteiger partial charge in [-0.15, -0.1) is 0 Å². The van der Waals surface area contributed by atoms with Gasteiger partial charge in [-0.05, 0) is 54.9 Å². The third-order valence-corrected chi connectivity index (χ3v) is 7.28. The van der Waals surface area contributed by atoms with Gasteiger partial charge in [-0.2, -0.15) is 0 Å². The molecule has 9 heteroatoms. The number of carbonyl (C=O) groups is 2. The predicted molar refractivity (Wildman–Crippen MR) is 139 cm³/mol. The van der Waals surface area contributed by atoms with Crippen molar-refractivity contribution in [1.29, 1.82) is 0 Å². The van der Waals surface area contributed by atoms with Crippen LogP contribution in [0.4, 0.5) is 4.79 Å². The highest BCUT2D eigenvalue weighted by molar-refractivity contribution is 8.18. The number of rotatable bonds is 9. The molecule has 1 N–H and O–H groups in total. The highest BCUT2D eigenvalue weighted by Gasteiger charge is 2.56. The molecular weight excluding hydrogens is 494 g/mol. The molecule has 0 spiro atoms. The monoisotopic (exact) mass is 525 g/mol. The van der Waals surface area contributed by atoms with Crippen molar-refractivity contribution in [2.24, 2.45) is 5.92 Å². The van der Waals surface area contributed by atoms with Crippen molar-refractivity contribution >= 4 is 29.0 Å². The summed E-state index contributed by atoms with van der Waals surface area (Å²) in [5.74, 6) is -0.312. The van der Waals surface area contributed by atoms with Crippen molar-refractivity contribution in [2.45, 2.75) is 57.6 Å². The first-order chi connectivity index (χ1) is 17.8. The lowest BCUT2D eigenvalue weighted by Gasteiger charge is -2.27. The van der Waals surface area contributed by atoms with E-state index in [0.717, 1.165) is 22.9 Å². The van der Waals surface area contributed by atoms with E-state index in [1.165, 1.54) is 0 Å². The molecule has 5 rings (SSSR count). The molecule has 37 heavy (non-hydrogen) atoms. The van der Waals surface area contributed by atoms with Crippen LogP contribution in [0.2, 0.25) is 0 Å². The van der Waals surface area contributed by atoms with Crippen LogP contribution in [0.3, 0.4) is 0 Å². The Balaban J connectivity index is 1.16. The fraction of sp³-hybridized carbons (Fsp3) is 0.429. The third kappa shape index (κ3) is 6.25. The van der Waals surface area contributed by atoms with E-state index in [0.29, 0.717) is 30.5 Å². The Morgan fingerprint density at radius 2 is 1.78 bits per heavy atom. The minimum absolute atomic E-state index is 0.0375. The molecule has 2 unspecified atom stereocenters. The van der Waals surface area contributed by atoms with Gasteiger partial charge in [0.25, 0.3) is 11.1 Å². The summed E-state index contributed by atoms with van der Waals surface area (Å²) in [4.78, 5) is 23.5. The van der Waals surface area contributed by atoms with Crippen molar-refractivity contribution in [3.8, 4) is 5.75 Å². The molecule has 3 aliphatic heterocycles. The van der Waals surface area contributed by atoms with Crippen LogP contribution in [-0.2, 0) is 30.3 Å². The summed E-state index contributed by atoms with van der Waals surface area (Å²) in [6.07, 6.45) is 0.848. The summed E-state index contributed by atoms with van der Waals surface area (Å²) in [6, 6.07) is 17.4. The van der Waals surface area contributed by atoms with Crippen LogP contribution >= 0.6 is 11.8 Å². The van der Waals surface area contributed by atoms with E-state index in [1.807, 2.05) is 68.4 Å². The lowest BCUT2D eigenvalue weighted by atomic mass is 9.98. The molecule has 5 atom stereocenters. The number of ether oxygens (including phenoxy) is 5. The maximum Gasteiger partial charge on any atom is 0.290 e. The highest BCUT2D eigenvalue weighted by atomic mass is 32.2. The molecule has 3 fully saturated rings. The lowest BCUT2D eigenvalue weighted by Crippen LogP contribution is -2.36. The van der Waals surface area contributed by atoms with E-state index in [-0.39, 0.29) is 41.5 Å². The maximum absolute atomic E-state index is 11.7. The summed E-state index contributed by atoms with van der Waals surface area (Å²) in [6.45, 7) is 7.28. The Morgan fingerprint density at radius 1 is 1.05 bits per heavy atom. The molecule has 0 aliphatic carbocycles. The molecule has 3 aliphatic rings. The van der Waals surface area contributed by atoms with E-state index in [2.05, 4.69) is 12.2 Å². The van der Waals surface area contributed by atoms with Gasteiger partial charge in [0.2, 0.25) is 0 Å². The fourth-order valence-electron chi connectivity index (χ4n) is 4.73. The van der Waals surface area contributed by atoms with Gasteiger partial charge in [-0.3, -0.25) is 14.9 Å². The number of hydrogen-bond donors (Lipinski definition) is 1. The van der Waals surface area contributed by atoms with E-state index < -0.39 is 5.79 Å². The zero-order chi connectivity index (χ0) is 26.0. The van der Waals surface area contributed by atoms with E-state index in [4.69, 9.17) is 23.7 Å². The number of benzene rings is 2. The zero-order valence-electron chi connectivity index (χ0n) is 21.0. The third-order valence-electron chi connectivity index (χ3n) is 6.47. The summed E-state index contributed by atoms with van der Waals surface area (Å²) in [5, 5.41) is 1.90. The largest absolute Gasteiger partial charge is 0.493 e. The molecule has 2 aromatic rings. The van der Waals surface area contributed by atoms with Crippen LogP contribution in [0.25, 0.3) is 6.08 Å². The van der Waals surface area contributed by atoms with Gasteiger partial charge < -0.3 is 23.7 Å². The summed E-state index contributed by atoms with van der Waals surface area (Å²) in [5.41, 5.74) is 1.92. The zero-order valence-corrected chi connectivity index (χ0v) is 21.9. The second kappa shape index (κ2) is 11.0. The van der Waals surface area contributed by atoms with Crippen LogP contribution in [0.5, 0.6) is 5.75 Å². The highest BCUT2D eigenvalue weighted by Crippen LogP contribution is 2.41. The second-order valence-corrected chi connectivity index (χ2v) is 10.9. The molecule has 0 aromatic heterocycles. The van der Waals surface area contributed by atoms with Gasteiger partial charge in [-0.25, -0.2) is 0 Å². The van der Waals surface area contributed by atoms with E-state index in [1.54, 1.807) is 6.08 Å². The van der Waals surface area contributed by atoms with Crippen molar-refractivity contribution in [3.63, 3.8) is 0 Å². The second-order valence-electron chi connectivity index (χ2n) is 9.91. The number of hydrogen-bond acceptors (Lipinski definition) is 8. The number of carbonyl (C=O) groups excluding carboxylic acids is 2. The molecular formula is C28H31NO7S. The lowest BCUT2D eigenvalue weighted by molar-refractivity contribution is -0.198. The van der Waals surface area contributed by atoms with Crippen molar-refractivity contribution in [1.82, 2.24) is 5.32 Å². The first-order valence-corrected chi connectivity index (χ1v) is 13.2. The molecule has 2 amide bonds.